The fourth-order valence-electron chi connectivity index (χ4n) is 4.07. The molecule has 2 N–H and O–H groups in total. The number of rotatable bonds is 7. The Hall–Kier alpha value is -2.18. The summed E-state index contributed by atoms with van der Waals surface area (Å²) in [6.07, 6.45) is 3.11. The predicted molar refractivity (Wildman–Crippen MR) is 127 cm³/mol. The fourth-order valence-corrected chi connectivity index (χ4v) is 5.31. The molecule has 1 aromatic carbocycles. The molecule has 0 aliphatic carbocycles. The molecule has 1 aliphatic rings. The number of carbonyl (C=O) groups excluding carboxylic acids is 1. The second-order valence-corrected chi connectivity index (χ2v) is 11.0. The molecule has 0 radical (unpaired) electrons. The van der Waals surface area contributed by atoms with Crippen LogP contribution in [0, 0.1) is 12.8 Å². The van der Waals surface area contributed by atoms with E-state index in [1.165, 1.54) is 11.8 Å². The number of hydrogen-bond acceptors (Lipinski definition) is 6. The van der Waals surface area contributed by atoms with Gasteiger partial charge in [0, 0.05) is 17.7 Å². The Morgan fingerprint density at radius 3 is 2.50 bits per heavy atom. The summed E-state index contributed by atoms with van der Waals surface area (Å²) in [5.74, 6) is 0.448. The number of thioether (sulfide) groups is 1. The highest BCUT2D eigenvalue weighted by Gasteiger charge is 2.44. The van der Waals surface area contributed by atoms with Crippen molar-refractivity contribution in [1.82, 2.24) is 0 Å². The molecule has 0 spiro atoms. The van der Waals surface area contributed by atoms with Gasteiger partial charge in [-0.25, -0.2) is 4.79 Å². The molecule has 32 heavy (non-hydrogen) atoms. The van der Waals surface area contributed by atoms with E-state index in [1.54, 1.807) is 6.26 Å². The van der Waals surface area contributed by atoms with E-state index in [-0.39, 0.29) is 35.0 Å². The second-order valence-electron chi connectivity index (χ2n) is 9.93. The van der Waals surface area contributed by atoms with Crippen LogP contribution in [0.15, 0.2) is 50.5 Å². The number of esters is 1. The smallest absolute Gasteiger partial charge is 0.349 e. The van der Waals surface area contributed by atoms with E-state index in [1.807, 2.05) is 45.0 Å². The zero-order valence-electron chi connectivity index (χ0n) is 19.8. The number of benzene rings is 1. The van der Waals surface area contributed by atoms with Crippen LogP contribution in [0.3, 0.4) is 0 Å². The van der Waals surface area contributed by atoms with Crippen molar-refractivity contribution in [3.63, 3.8) is 0 Å². The Bertz CT molecular complexity index is 998. The summed E-state index contributed by atoms with van der Waals surface area (Å²) in [7, 11) is 0. The summed E-state index contributed by atoms with van der Waals surface area (Å²) in [6.45, 7) is 12.2. The highest BCUT2D eigenvalue weighted by atomic mass is 32.2. The first kappa shape index (κ1) is 24.5. The van der Waals surface area contributed by atoms with Crippen LogP contribution in [-0.4, -0.2) is 21.8 Å². The SMILES string of the molecule is Cc1cc(SC2=C(O)CC(CCc3ccco3)(C(C)C)OC2=O)c(C(C)(C)C)cc1CO. The normalized spacial score (nSPS) is 19.6. The number of aliphatic hydroxyl groups is 2. The van der Waals surface area contributed by atoms with Crippen molar-refractivity contribution in [1.29, 1.82) is 0 Å². The van der Waals surface area contributed by atoms with Gasteiger partial charge in [-0.1, -0.05) is 52.4 Å². The summed E-state index contributed by atoms with van der Waals surface area (Å²) < 4.78 is 11.5. The van der Waals surface area contributed by atoms with E-state index >= 15 is 0 Å². The first-order chi connectivity index (χ1) is 15.0. The third-order valence-electron chi connectivity index (χ3n) is 6.27. The molecular weight excluding hydrogens is 424 g/mol. The van der Waals surface area contributed by atoms with E-state index in [0.29, 0.717) is 12.8 Å². The van der Waals surface area contributed by atoms with Crippen molar-refractivity contribution in [2.45, 2.75) is 83.3 Å². The molecule has 1 aromatic heterocycles. The average molecular weight is 459 g/mol. The van der Waals surface area contributed by atoms with Crippen molar-refractivity contribution in [2.24, 2.45) is 5.92 Å². The van der Waals surface area contributed by atoms with Gasteiger partial charge in [0.2, 0.25) is 0 Å². The molecule has 6 heteroatoms. The number of carbonyl (C=O) groups is 1. The molecule has 1 unspecified atom stereocenters. The van der Waals surface area contributed by atoms with E-state index in [4.69, 9.17) is 9.15 Å². The average Bonchev–Trinajstić information content (AvgIpc) is 3.22. The first-order valence-electron chi connectivity index (χ1n) is 11.1. The lowest BCUT2D eigenvalue weighted by molar-refractivity contribution is -0.164. The molecule has 0 saturated heterocycles. The van der Waals surface area contributed by atoms with Crippen LogP contribution in [0.1, 0.15) is 69.9 Å². The van der Waals surface area contributed by atoms with Crippen molar-refractivity contribution in [2.75, 3.05) is 0 Å². The largest absolute Gasteiger partial charge is 0.511 e. The van der Waals surface area contributed by atoms with Gasteiger partial charge in [-0.05, 0) is 59.6 Å². The Kier molecular flexibility index (Phi) is 7.15. The Morgan fingerprint density at radius 1 is 1.25 bits per heavy atom. The lowest BCUT2D eigenvalue weighted by Gasteiger charge is -2.40. The number of furan rings is 1. The number of aryl methyl sites for hydroxylation is 2. The minimum absolute atomic E-state index is 0.0336. The first-order valence-corrected chi connectivity index (χ1v) is 11.9. The van der Waals surface area contributed by atoms with Gasteiger partial charge in [0.05, 0.1) is 12.9 Å². The zero-order chi connectivity index (χ0) is 23.7. The van der Waals surface area contributed by atoms with Crippen LogP contribution < -0.4 is 0 Å². The minimum Gasteiger partial charge on any atom is -0.511 e. The highest BCUT2D eigenvalue weighted by molar-refractivity contribution is 8.04. The third-order valence-corrected chi connectivity index (χ3v) is 7.43. The molecule has 0 fully saturated rings. The summed E-state index contributed by atoms with van der Waals surface area (Å²) >= 11 is 1.25. The van der Waals surface area contributed by atoms with Gasteiger partial charge in [-0.2, -0.15) is 0 Å². The molecule has 2 aromatic rings. The van der Waals surface area contributed by atoms with Crippen molar-refractivity contribution in [3.8, 4) is 0 Å². The van der Waals surface area contributed by atoms with Gasteiger partial charge in [0.1, 0.15) is 22.0 Å². The van der Waals surface area contributed by atoms with Crippen LogP contribution in [0.2, 0.25) is 0 Å². The summed E-state index contributed by atoms with van der Waals surface area (Å²) in [6, 6.07) is 7.71. The Morgan fingerprint density at radius 2 is 1.97 bits per heavy atom. The molecule has 2 heterocycles. The fraction of sp³-hybridized carbons (Fsp3) is 0.500. The van der Waals surface area contributed by atoms with E-state index in [0.717, 1.165) is 27.3 Å². The Labute approximate surface area is 194 Å². The van der Waals surface area contributed by atoms with E-state index in [2.05, 4.69) is 20.8 Å². The monoisotopic (exact) mass is 458 g/mol. The van der Waals surface area contributed by atoms with E-state index in [9.17, 15) is 15.0 Å². The maximum absolute atomic E-state index is 13.1. The summed E-state index contributed by atoms with van der Waals surface area (Å²) in [5, 5.41) is 20.7. The second kappa shape index (κ2) is 9.36. The topological polar surface area (TPSA) is 79.9 Å². The third kappa shape index (κ3) is 5.07. The van der Waals surface area contributed by atoms with Crippen molar-refractivity contribution < 1.29 is 24.2 Å². The quantitative estimate of drug-likeness (QED) is 0.480. The van der Waals surface area contributed by atoms with Gasteiger partial charge in [-0.15, -0.1) is 0 Å². The molecular formula is C26H34O5S. The van der Waals surface area contributed by atoms with Crippen LogP contribution in [-0.2, 0) is 28.0 Å². The Balaban J connectivity index is 1.93. The van der Waals surface area contributed by atoms with Gasteiger partial charge < -0.3 is 19.4 Å². The van der Waals surface area contributed by atoms with E-state index < -0.39 is 11.6 Å². The number of cyclic esters (lactones) is 1. The minimum atomic E-state index is -0.776. The predicted octanol–water partition coefficient (Wildman–Crippen LogP) is 6.21. The van der Waals surface area contributed by atoms with Gasteiger partial charge in [0.15, 0.2) is 0 Å². The van der Waals surface area contributed by atoms with Crippen LogP contribution in [0.4, 0.5) is 0 Å². The summed E-state index contributed by atoms with van der Waals surface area (Å²) in [5.41, 5.74) is 1.85. The van der Waals surface area contributed by atoms with Crippen LogP contribution in [0.5, 0.6) is 0 Å². The maximum atomic E-state index is 13.1. The molecule has 5 nitrogen and oxygen atoms in total. The lowest BCUT2D eigenvalue weighted by Crippen LogP contribution is -2.44. The molecule has 0 saturated carbocycles. The maximum Gasteiger partial charge on any atom is 0.349 e. The number of aliphatic hydroxyl groups excluding tert-OH is 2. The molecule has 1 aliphatic heterocycles. The molecule has 1 atom stereocenters. The standard InChI is InChI=1S/C26H34O5S/c1-16(2)26(10-9-19-8-7-11-30-19)14-21(28)23(24(29)31-26)32-22-12-17(3)18(15-27)13-20(22)25(4,5)6/h7-8,11-13,16,27-28H,9-10,14-15H2,1-6H3. The van der Waals surface area contributed by atoms with Gasteiger partial charge in [-0.3, -0.25) is 0 Å². The molecule has 174 valence electrons. The molecule has 0 amide bonds. The molecule has 3 rings (SSSR count). The molecule has 0 bridgehead atoms. The zero-order valence-corrected chi connectivity index (χ0v) is 20.6. The highest BCUT2D eigenvalue weighted by Crippen LogP contribution is 2.45. The van der Waals surface area contributed by atoms with Crippen molar-refractivity contribution >= 4 is 17.7 Å². The van der Waals surface area contributed by atoms with Crippen molar-refractivity contribution in [3.05, 3.63) is 63.6 Å². The van der Waals surface area contributed by atoms with Gasteiger partial charge in [0.25, 0.3) is 0 Å². The number of hydrogen-bond donors (Lipinski definition) is 2. The number of ether oxygens (including phenoxy) is 1. The van der Waals surface area contributed by atoms with Gasteiger partial charge >= 0.3 is 5.97 Å². The van der Waals surface area contributed by atoms with Crippen LogP contribution >= 0.6 is 11.8 Å². The lowest BCUT2D eigenvalue weighted by atomic mass is 9.80. The van der Waals surface area contributed by atoms with Crippen LogP contribution in [0.25, 0.3) is 0 Å². The summed E-state index contributed by atoms with van der Waals surface area (Å²) in [4.78, 5) is 14.3.